The molecule has 1 aromatic heterocycles. The topological polar surface area (TPSA) is 93.9 Å². The number of nitrogens with one attached hydrogen (secondary N) is 1. The number of hydrogen-bond acceptors (Lipinski definition) is 6. The molecule has 0 saturated heterocycles. The third-order valence-electron chi connectivity index (χ3n) is 4.55. The second-order valence-corrected chi connectivity index (χ2v) is 10.5. The predicted octanol–water partition coefficient (Wildman–Crippen LogP) is 4.60. The van der Waals surface area contributed by atoms with E-state index in [1.54, 1.807) is 65.2 Å². The van der Waals surface area contributed by atoms with E-state index < -0.39 is 15.1 Å². The highest BCUT2D eigenvalue weighted by Crippen LogP contribution is 2.27. The van der Waals surface area contributed by atoms with Gasteiger partial charge in [0.05, 0.1) is 10.1 Å². The quantitative estimate of drug-likeness (QED) is 0.329. The fourth-order valence-electron chi connectivity index (χ4n) is 2.91. The van der Waals surface area contributed by atoms with Gasteiger partial charge in [0.1, 0.15) is 11.6 Å². The zero-order chi connectivity index (χ0) is 23.1. The van der Waals surface area contributed by atoms with Crippen molar-refractivity contribution in [3.63, 3.8) is 0 Å². The molecule has 1 atom stereocenters. The number of aromatic nitrogens is 3. The van der Waals surface area contributed by atoms with Gasteiger partial charge in [0.2, 0.25) is 5.91 Å². The normalized spacial score (nSPS) is 12.3. The first-order valence-electron chi connectivity index (χ1n) is 9.88. The molecule has 168 valence electrons. The summed E-state index contributed by atoms with van der Waals surface area (Å²) in [6.07, 6.45) is 2.18. The Morgan fingerprint density at radius 1 is 1.19 bits per heavy atom. The maximum Gasteiger partial charge on any atom is 0.237 e. The number of benzene rings is 2. The minimum Gasteiger partial charge on any atom is -0.325 e. The summed E-state index contributed by atoms with van der Waals surface area (Å²) in [5.74, 6) is -0.192. The highest BCUT2D eigenvalue weighted by atomic mass is 35.5. The maximum absolute atomic E-state index is 12.8. The van der Waals surface area contributed by atoms with Gasteiger partial charge >= 0.3 is 0 Å². The lowest BCUT2D eigenvalue weighted by molar-refractivity contribution is -0.115. The van der Waals surface area contributed by atoms with Crippen LogP contribution in [0.1, 0.15) is 19.2 Å². The van der Waals surface area contributed by atoms with E-state index in [0.29, 0.717) is 34.7 Å². The van der Waals surface area contributed by atoms with Crippen LogP contribution in [-0.2, 0) is 26.9 Å². The average Bonchev–Trinajstić information content (AvgIpc) is 3.14. The maximum atomic E-state index is 12.8. The predicted molar refractivity (Wildman–Crippen MR) is 128 cm³/mol. The van der Waals surface area contributed by atoms with E-state index >= 15 is 0 Å². The van der Waals surface area contributed by atoms with Crippen molar-refractivity contribution in [1.29, 1.82) is 0 Å². The molecule has 3 aromatic rings. The van der Waals surface area contributed by atoms with Gasteiger partial charge in [-0.25, -0.2) is 8.42 Å². The molecule has 0 bridgehead atoms. The number of nitrogens with zero attached hydrogens (tertiary/aromatic N) is 3. The summed E-state index contributed by atoms with van der Waals surface area (Å²) in [4.78, 5) is 13.0. The molecular weight excluding hydrogens is 468 g/mol. The molecule has 2 aromatic carbocycles. The molecule has 1 unspecified atom stereocenters. The van der Waals surface area contributed by atoms with Crippen LogP contribution in [0.2, 0.25) is 5.02 Å². The van der Waals surface area contributed by atoms with Gasteiger partial charge in [0, 0.05) is 17.3 Å². The van der Waals surface area contributed by atoms with E-state index in [4.69, 9.17) is 11.6 Å². The molecule has 1 heterocycles. The zero-order valence-electron chi connectivity index (χ0n) is 17.4. The monoisotopic (exact) mass is 490 g/mol. The van der Waals surface area contributed by atoms with Crippen LogP contribution >= 0.6 is 23.4 Å². The van der Waals surface area contributed by atoms with Crippen molar-refractivity contribution >= 4 is 44.8 Å². The Balaban J connectivity index is 1.79. The molecule has 0 fully saturated rings. The van der Waals surface area contributed by atoms with Crippen LogP contribution in [0.4, 0.5) is 5.69 Å². The van der Waals surface area contributed by atoms with Crippen LogP contribution < -0.4 is 5.32 Å². The van der Waals surface area contributed by atoms with Gasteiger partial charge in [0.25, 0.3) is 0 Å². The van der Waals surface area contributed by atoms with E-state index in [1.807, 2.05) is 6.92 Å². The number of hydrogen-bond donors (Lipinski definition) is 1. The lowest BCUT2D eigenvalue weighted by Gasteiger charge is -2.15. The third kappa shape index (κ3) is 5.99. The lowest BCUT2D eigenvalue weighted by Crippen LogP contribution is -2.25. The van der Waals surface area contributed by atoms with Crippen LogP contribution in [0.15, 0.2) is 77.3 Å². The van der Waals surface area contributed by atoms with E-state index in [1.165, 1.54) is 11.8 Å². The first-order chi connectivity index (χ1) is 15.3. The molecule has 7 nitrogen and oxygen atoms in total. The Labute approximate surface area is 196 Å². The largest absolute Gasteiger partial charge is 0.325 e. The van der Waals surface area contributed by atoms with Gasteiger partial charge < -0.3 is 9.88 Å². The van der Waals surface area contributed by atoms with Gasteiger partial charge in [-0.2, -0.15) is 0 Å². The molecule has 1 amide bonds. The molecule has 32 heavy (non-hydrogen) atoms. The minimum absolute atomic E-state index is 0.188. The number of halogens is 1. The van der Waals surface area contributed by atoms with Gasteiger partial charge in [-0.05, 0) is 42.8 Å². The molecule has 0 saturated carbocycles. The summed E-state index contributed by atoms with van der Waals surface area (Å²) in [7, 11) is -3.59. The van der Waals surface area contributed by atoms with Crippen molar-refractivity contribution in [2.75, 3.05) is 5.32 Å². The number of allylic oxidation sites excluding steroid dienone is 1. The van der Waals surface area contributed by atoms with E-state index in [-0.39, 0.29) is 16.6 Å². The van der Waals surface area contributed by atoms with Crippen molar-refractivity contribution < 1.29 is 13.2 Å². The fourth-order valence-corrected chi connectivity index (χ4v) is 5.31. The Kier molecular flexibility index (Phi) is 8.11. The molecule has 1 N–H and O–H groups in total. The SMILES string of the molecule is C=CCn1c(CS(=O)(=O)c2ccccc2)nnc1SC(CC)C(=O)Nc1ccc(Cl)cc1. The summed E-state index contributed by atoms with van der Waals surface area (Å²) in [5.41, 5.74) is 0.639. The van der Waals surface area contributed by atoms with Crippen LogP contribution in [0.5, 0.6) is 0 Å². The fraction of sp³-hybridized carbons (Fsp3) is 0.227. The van der Waals surface area contributed by atoms with Gasteiger partial charge in [-0.15, -0.1) is 16.8 Å². The van der Waals surface area contributed by atoms with Crippen LogP contribution in [0.3, 0.4) is 0 Å². The minimum atomic E-state index is -3.59. The van der Waals surface area contributed by atoms with Crippen LogP contribution in [0, 0.1) is 0 Å². The van der Waals surface area contributed by atoms with Crippen molar-refractivity contribution in [3.05, 3.63) is 78.1 Å². The standard InChI is InChI=1S/C22H23ClN4O3S2/c1-3-14-27-20(15-32(29,30)18-8-6-5-7-9-18)25-26-22(27)31-19(4-2)21(28)24-17-12-10-16(23)11-13-17/h3,5-13,19H,1,4,14-15H2,2H3,(H,24,28). The average molecular weight is 491 g/mol. The van der Waals surface area contributed by atoms with Gasteiger partial charge in [0.15, 0.2) is 15.0 Å². The first-order valence-corrected chi connectivity index (χ1v) is 12.8. The Bertz CT molecular complexity index is 1180. The van der Waals surface area contributed by atoms with Crippen molar-refractivity contribution in [3.8, 4) is 0 Å². The molecule has 10 heteroatoms. The number of sulfone groups is 1. The van der Waals surface area contributed by atoms with Crippen LogP contribution in [-0.4, -0.2) is 34.3 Å². The van der Waals surface area contributed by atoms with Crippen molar-refractivity contribution in [2.45, 2.75) is 40.9 Å². The molecule has 0 aliphatic carbocycles. The van der Waals surface area contributed by atoms with Crippen molar-refractivity contribution in [2.24, 2.45) is 0 Å². The molecule has 3 rings (SSSR count). The summed E-state index contributed by atoms with van der Waals surface area (Å²) in [5, 5.41) is 11.7. The Hall–Kier alpha value is -2.62. The number of rotatable bonds is 10. The smallest absolute Gasteiger partial charge is 0.237 e. The summed E-state index contributed by atoms with van der Waals surface area (Å²) < 4.78 is 27.3. The molecular formula is C22H23ClN4O3S2. The van der Waals surface area contributed by atoms with Gasteiger partial charge in [-0.1, -0.05) is 54.6 Å². The first kappa shape index (κ1) is 24.0. The Morgan fingerprint density at radius 2 is 1.88 bits per heavy atom. The van der Waals surface area contributed by atoms with Crippen molar-refractivity contribution in [1.82, 2.24) is 14.8 Å². The zero-order valence-corrected chi connectivity index (χ0v) is 19.8. The van der Waals surface area contributed by atoms with Gasteiger partial charge in [-0.3, -0.25) is 4.79 Å². The molecule has 0 spiro atoms. The highest BCUT2D eigenvalue weighted by molar-refractivity contribution is 8.00. The lowest BCUT2D eigenvalue weighted by atomic mass is 10.3. The number of carbonyl (C=O) groups excluding carboxylic acids is 1. The molecule has 0 aliphatic heterocycles. The number of anilines is 1. The number of carbonyl (C=O) groups is 1. The Morgan fingerprint density at radius 3 is 2.50 bits per heavy atom. The number of amides is 1. The summed E-state index contributed by atoms with van der Waals surface area (Å²) in [6.45, 7) is 5.97. The highest BCUT2D eigenvalue weighted by Gasteiger charge is 2.25. The second-order valence-electron chi connectivity index (χ2n) is 6.88. The summed E-state index contributed by atoms with van der Waals surface area (Å²) in [6, 6.07) is 15.1. The van der Waals surface area contributed by atoms with E-state index in [9.17, 15) is 13.2 Å². The second kappa shape index (κ2) is 10.8. The van der Waals surface area contributed by atoms with E-state index in [2.05, 4.69) is 22.1 Å². The third-order valence-corrected chi connectivity index (χ3v) is 7.77. The molecule has 0 aliphatic rings. The van der Waals surface area contributed by atoms with E-state index in [0.717, 1.165) is 0 Å². The van der Waals surface area contributed by atoms with Crippen LogP contribution in [0.25, 0.3) is 0 Å². The molecule has 0 radical (unpaired) electrons. The summed E-state index contributed by atoms with van der Waals surface area (Å²) >= 11 is 7.13. The number of thioether (sulfide) groups is 1.